The minimum absolute atomic E-state index is 0.634. The van der Waals surface area contributed by atoms with Gasteiger partial charge in [-0.05, 0) is 18.0 Å². The van der Waals surface area contributed by atoms with Gasteiger partial charge in [0, 0.05) is 36.3 Å². The maximum atomic E-state index is 5.30. The lowest BCUT2D eigenvalue weighted by atomic mass is 10.3. The molecule has 1 aromatic carbocycles. The molecule has 0 atom stereocenters. The van der Waals surface area contributed by atoms with E-state index in [9.17, 15) is 0 Å². The lowest BCUT2D eigenvalue weighted by molar-refractivity contribution is 0.394. The molecule has 20 heavy (non-hydrogen) atoms. The molecule has 0 radical (unpaired) electrons. The van der Waals surface area contributed by atoms with Gasteiger partial charge in [-0.1, -0.05) is 6.92 Å². The summed E-state index contributed by atoms with van der Waals surface area (Å²) >= 11 is 1.62. The van der Waals surface area contributed by atoms with E-state index in [1.165, 1.54) is 0 Å². The zero-order valence-electron chi connectivity index (χ0n) is 11.7. The first kappa shape index (κ1) is 14.5. The summed E-state index contributed by atoms with van der Waals surface area (Å²) in [6.45, 7) is 2.08. The molecule has 2 rings (SSSR count). The maximum absolute atomic E-state index is 5.30. The second kappa shape index (κ2) is 7.00. The van der Waals surface area contributed by atoms with E-state index < -0.39 is 0 Å². The van der Waals surface area contributed by atoms with Crippen molar-refractivity contribution in [2.75, 3.05) is 24.3 Å². The van der Waals surface area contributed by atoms with Crippen molar-refractivity contribution in [1.29, 1.82) is 0 Å². The van der Waals surface area contributed by atoms with Crippen molar-refractivity contribution < 1.29 is 9.47 Å². The average Bonchev–Trinajstić information content (AvgIpc) is 2.52. The molecule has 6 heteroatoms. The van der Waals surface area contributed by atoms with Crippen LogP contribution in [-0.2, 0) is 0 Å². The van der Waals surface area contributed by atoms with Gasteiger partial charge in [0.05, 0.1) is 19.9 Å². The number of hydrogen-bond donors (Lipinski definition) is 0. The number of methoxy groups -OCH3 is 2. The molecule has 1 aromatic heterocycles. The molecule has 0 aliphatic rings. The molecule has 0 bridgehead atoms. The van der Waals surface area contributed by atoms with Crippen molar-refractivity contribution in [3.63, 3.8) is 0 Å². The molecule has 106 valence electrons. The van der Waals surface area contributed by atoms with E-state index in [0.29, 0.717) is 5.95 Å². The molecule has 0 aliphatic heterocycles. The third kappa shape index (κ3) is 3.33. The Morgan fingerprint density at radius 1 is 1.05 bits per heavy atom. The SMILES string of the molecule is CCSN(c1cc(OC)cc(OC)c1)c1ncccn1. The van der Waals surface area contributed by atoms with E-state index >= 15 is 0 Å². The van der Waals surface area contributed by atoms with Crippen molar-refractivity contribution >= 4 is 23.6 Å². The van der Waals surface area contributed by atoms with E-state index in [-0.39, 0.29) is 0 Å². The van der Waals surface area contributed by atoms with Gasteiger partial charge in [-0.25, -0.2) is 9.97 Å². The molecule has 0 N–H and O–H groups in total. The van der Waals surface area contributed by atoms with Crippen LogP contribution in [0.3, 0.4) is 0 Å². The Hall–Kier alpha value is -1.95. The van der Waals surface area contributed by atoms with Crippen LogP contribution in [0.2, 0.25) is 0 Å². The van der Waals surface area contributed by atoms with E-state index in [2.05, 4.69) is 16.9 Å². The van der Waals surface area contributed by atoms with Crippen LogP contribution in [0.25, 0.3) is 0 Å². The summed E-state index contributed by atoms with van der Waals surface area (Å²) in [6.07, 6.45) is 3.45. The highest BCUT2D eigenvalue weighted by Crippen LogP contribution is 2.35. The predicted octanol–water partition coefficient (Wildman–Crippen LogP) is 3.30. The van der Waals surface area contributed by atoms with Crippen molar-refractivity contribution in [3.8, 4) is 11.5 Å². The highest BCUT2D eigenvalue weighted by Gasteiger charge is 2.14. The molecular weight excluding hydrogens is 274 g/mol. The topological polar surface area (TPSA) is 47.5 Å². The molecule has 0 aliphatic carbocycles. The van der Waals surface area contributed by atoms with Gasteiger partial charge in [-0.3, -0.25) is 4.31 Å². The second-order valence-electron chi connectivity index (χ2n) is 3.83. The Kier molecular flexibility index (Phi) is 5.06. The Morgan fingerprint density at radius 3 is 2.15 bits per heavy atom. The van der Waals surface area contributed by atoms with E-state index in [4.69, 9.17) is 9.47 Å². The Balaban J connectivity index is 2.43. The molecular formula is C14H17N3O2S. The minimum Gasteiger partial charge on any atom is -0.497 e. The van der Waals surface area contributed by atoms with Gasteiger partial charge in [0.15, 0.2) is 0 Å². The summed E-state index contributed by atoms with van der Waals surface area (Å²) in [5.74, 6) is 3.00. The first-order chi connectivity index (χ1) is 9.78. The molecule has 0 saturated heterocycles. The molecule has 5 nitrogen and oxygen atoms in total. The molecule has 0 fully saturated rings. The van der Waals surface area contributed by atoms with E-state index in [1.807, 2.05) is 22.5 Å². The van der Waals surface area contributed by atoms with Crippen LogP contribution in [0, 0.1) is 0 Å². The fraction of sp³-hybridized carbons (Fsp3) is 0.286. The monoisotopic (exact) mass is 291 g/mol. The lowest BCUT2D eigenvalue weighted by Crippen LogP contribution is -2.11. The van der Waals surface area contributed by atoms with Gasteiger partial charge < -0.3 is 9.47 Å². The first-order valence-corrected chi connectivity index (χ1v) is 7.16. The summed E-state index contributed by atoms with van der Waals surface area (Å²) in [4.78, 5) is 8.59. The van der Waals surface area contributed by atoms with Crippen molar-refractivity contribution in [2.24, 2.45) is 0 Å². The van der Waals surface area contributed by atoms with Gasteiger partial charge in [0.25, 0.3) is 0 Å². The van der Waals surface area contributed by atoms with Gasteiger partial charge in [0.2, 0.25) is 5.95 Å². The van der Waals surface area contributed by atoms with Crippen LogP contribution in [-0.4, -0.2) is 29.9 Å². The fourth-order valence-electron chi connectivity index (χ4n) is 1.68. The molecule has 0 amide bonds. The Labute approximate surface area is 123 Å². The lowest BCUT2D eigenvalue weighted by Gasteiger charge is -2.21. The fourth-order valence-corrected chi connectivity index (χ4v) is 2.41. The molecule has 0 saturated carbocycles. The van der Waals surface area contributed by atoms with Crippen LogP contribution < -0.4 is 13.8 Å². The first-order valence-electron chi connectivity index (χ1n) is 6.21. The normalized spacial score (nSPS) is 10.2. The van der Waals surface area contributed by atoms with Gasteiger partial charge in [-0.2, -0.15) is 0 Å². The van der Waals surface area contributed by atoms with Crippen LogP contribution >= 0.6 is 11.9 Å². The number of hydrogen-bond acceptors (Lipinski definition) is 6. The van der Waals surface area contributed by atoms with Crippen LogP contribution in [0.5, 0.6) is 11.5 Å². The minimum atomic E-state index is 0.634. The third-order valence-corrected chi connectivity index (χ3v) is 3.45. The quantitative estimate of drug-likeness (QED) is 0.761. The number of benzene rings is 1. The largest absolute Gasteiger partial charge is 0.497 e. The summed E-state index contributed by atoms with van der Waals surface area (Å²) in [6, 6.07) is 7.50. The molecule has 1 heterocycles. The highest BCUT2D eigenvalue weighted by molar-refractivity contribution is 8.00. The molecule has 0 spiro atoms. The van der Waals surface area contributed by atoms with E-state index in [0.717, 1.165) is 22.9 Å². The number of aromatic nitrogens is 2. The summed E-state index contributed by atoms with van der Waals surface area (Å²) in [5, 5.41) is 0. The summed E-state index contributed by atoms with van der Waals surface area (Å²) < 4.78 is 12.6. The highest BCUT2D eigenvalue weighted by atomic mass is 32.2. The smallest absolute Gasteiger partial charge is 0.240 e. The number of anilines is 2. The maximum Gasteiger partial charge on any atom is 0.240 e. The Morgan fingerprint density at radius 2 is 1.65 bits per heavy atom. The zero-order chi connectivity index (χ0) is 14.4. The predicted molar refractivity (Wildman–Crippen MR) is 81.8 cm³/mol. The second-order valence-corrected chi connectivity index (χ2v) is 5.03. The zero-order valence-corrected chi connectivity index (χ0v) is 12.6. The van der Waals surface area contributed by atoms with Crippen LogP contribution in [0.4, 0.5) is 11.6 Å². The standard InChI is InChI=1S/C14H17N3O2S/c1-4-20-17(14-15-6-5-7-16-14)11-8-12(18-2)10-13(9-11)19-3/h5-10H,4H2,1-3H3. The Bertz CT molecular complexity index is 529. The average molecular weight is 291 g/mol. The van der Waals surface area contributed by atoms with Crippen LogP contribution in [0.1, 0.15) is 6.92 Å². The van der Waals surface area contributed by atoms with Crippen molar-refractivity contribution in [3.05, 3.63) is 36.7 Å². The summed E-state index contributed by atoms with van der Waals surface area (Å²) in [7, 11) is 3.27. The number of rotatable bonds is 6. The van der Waals surface area contributed by atoms with Crippen molar-refractivity contribution in [2.45, 2.75) is 6.92 Å². The number of ether oxygens (including phenoxy) is 2. The number of nitrogens with zero attached hydrogens (tertiary/aromatic N) is 3. The molecule has 0 unspecified atom stereocenters. The third-order valence-electron chi connectivity index (χ3n) is 2.56. The van der Waals surface area contributed by atoms with Gasteiger partial charge >= 0.3 is 0 Å². The van der Waals surface area contributed by atoms with E-state index in [1.54, 1.807) is 44.6 Å². The van der Waals surface area contributed by atoms with Gasteiger partial charge in [-0.15, -0.1) is 0 Å². The van der Waals surface area contributed by atoms with Crippen LogP contribution in [0.15, 0.2) is 36.7 Å². The summed E-state index contributed by atoms with van der Waals surface area (Å²) in [5.41, 5.74) is 0.916. The molecule has 2 aromatic rings. The van der Waals surface area contributed by atoms with Gasteiger partial charge in [0.1, 0.15) is 11.5 Å². The van der Waals surface area contributed by atoms with Crippen molar-refractivity contribution in [1.82, 2.24) is 9.97 Å².